The first-order valence-corrected chi connectivity index (χ1v) is 6.80. The highest BCUT2D eigenvalue weighted by Crippen LogP contribution is 2.21. The molecular weight excluding hydrogens is 294 g/mol. The number of rotatable bonds is 4. The molecule has 1 N–H and O–H groups in total. The van der Waals surface area contributed by atoms with Crippen LogP contribution in [-0.4, -0.2) is 26.2 Å². The van der Waals surface area contributed by atoms with Gasteiger partial charge in [-0.3, -0.25) is 0 Å². The summed E-state index contributed by atoms with van der Waals surface area (Å²) >= 11 is 3.50. The Morgan fingerprint density at radius 2 is 2.28 bits per heavy atom. The third-order valence-electron chi connectivity index (χ3n) is 3.05. The highest BCUT2D eigenvalue weighted by atomic mass is 79.9. The van der Waals surface area contributed by atoms with Gasteiger partial charge in [0.15, 0.2) is 5.82 Å². The molecule has 2 aromatic rings. The molecule has 18 heavy (non-hydrogen) atoms. The van der Waals surface area contributed by atoms with E-state index in [-0.39, 0.29) is 0 Å². The van der Waals surface area contributed by atoms with Gasteiger partial charge in [0.1, 0.15) is 0 Å². The third kappa shape index (κ3) is 2.44. The molecule has 0 unspecified atom stereocenters. The minimum atomic E-state index is 0.654. The van der Waals surface area contributed by atoms with Crippen molar-refractivity contribution in [3.05, 3.63) is 34.1 Å². The van der Waals surface area contributed by atoms with Gasteiger partial charge in [-0.05, 0) is 54.0 Å². The van der Waals surface area contributed by atoms with Gasteiger partial charge in [0.2, 0.25) is 0 Å². The average Bonchev–Trinajstić information content (AvgIpc) is 3.08. The number of hydrogen-bond acceptors (Lipinski definition) is 4. The van der Waals surface area contributed by atoms with Crippen molar-refractivity contribution in [1.82, 2.24) is 25.5 Å². The van der Waals surface area contributed by atoms with E-state index in [1.54, 1.807) is 4.68 Å². The molecular formula is C12H14BrN5. The zero-order valence-corrected chi connectivity index (χ0v) is 11.7. The molecule has 5 nitrogen and oxygen atoms in total. The van der Waals surface area contributed by atoms with Gasteiger partial charge in [0.25, 0.3) is 0 Å². The van der Waals surface area contributed by atoms with E-state index >= 15 is 0 Å². The van der Waals surface area contributed by atoms with E-state index in [9.17, 15) is 0 Å². The number of halogens is 1. The molecule has 3 rings (SSSR count). The first-order chi connectivity index (χ1) is 8.74. The standard InChI is InChI=1S/C12H14BrN5/c1-8-6-10(4-5-11(8)13)18-12(15-16-17-18)7-14-9-2-3-9/h4-6,9,14H,2-3,7H2,1H3. The second-order valence-corrected chi connectivity index (χ2v) is 5.45. The van der Waals surface area contributed by atoms with Crippen molar-refractivity contribution in [2.75, 3.05) is 0 Å². The number of benzene rings is 1. The highest BCUT2D eigenvalue weighted by Gasteiger charge is 2.21. The second kappa shape index (κ2) is 4.78. The lowest BCUT2D eigenvalue weighted by atomic mass is 10.2. The lowest BCUT2D eigenvalue weighted by Gasteiger charge is -2.07. The summed E-state index contributed by atoms with van der Waals surface area (Å²) in [5, 5.41) is 15.3. The average molecular weight is 308 g/mol. The van der Waals surface area contributed by atoms with Crippen LogP contribution in [0.4, 0.5) is 0 Å². The minimum Gasteiger partial charge on any atom is -0.307 e. The van der Waals surface area contributed by atoms with Gasteiger partial charge >= 0.3 is 0 Å². The zero-order chi connectivity index (χ0) is 12.5. The van der Waals surface area contributed by atoms with E-state index in [2.05, 4.69) is 49.8 Å². The lowest BCUT2D eigenvalue weighted by molar-refractivity contribution is 0.637. The number of nitrogens with zero attached hydrogens (tertiary/aromatic N) is 4. The summed E-state index contributed by atoms with van der Waals surface area (Å²) in [6, 6.07) is 6.75. The molecule has 0 aliphatic heterocycles. The molecule has 1 aliphatic carbocycles. The molecule has 0 spiro atoms. The van der Waals surface area contributed by atoms with Crippen molar-refractivity contribution in [3.8, 4) is 5.69 Å². The normalized spacial score (nSPS) is 15.0. The molecule has 0 bridgehead atoms. The maximum atomic E-state index is 4.07. The van der Waals surface area contributed by atoms with Crippen molar-refractivity contribution in [2.45, 2.75) is 32.4 Å². The van der Waals surface area contributed by atoms with Crippen LogP contribution >= 0.6 is 15.9 Å². The van der Waals surface area contributed by atoms with E-state index in [0.29, 0.717) is 12.6 Å². The molecule has 1 heterocycles. The Bertz CT molecular complexity index is 561. The molecule has 0 saturated heterocycles. The summed E-state index contributed by atoms with van der Waals surface area (Å²) in [6.45, 7) is 2.77. The molecule has 0 amide bonds. The Kier molecular flexibility index (Phi) is 3.13. The summed E-state index contributed by atoms with van der Waals surface area (Å²) in [5.41, 5.74) is 2.16. The molecule has 1 aromatic carbocycles. The number of aromatic nitrogens is 4. The van der Waals surface area contributed by atoms with Crippen molar-refractivity contribution in [3.63, 3.8) is 0 Å². The third-order valence-corrected chi connectivity index (χ3v) is 3.94. The fourth-order valence-corrected chi connectivity index (χ4v) is 2.05. The monoisotopic (exact) mass is 307 g/mol. The molecule has 1 saturated carbocycles. The van der Waals surface area contributed by atoms with Gasteiger partial charge in [-0.25, -0.2) is 0 Å². The fourth-order valence-electron chi connectivity index (χ4n) is 1.80. The van der Waals surface area contributed by atoms with E-state index in [1.807, 2.05) is 12.1 Å². The van der Waals surface area contributed by atoms with Crippen LogP contribution in [0.3, 0.4) is 0 Å². The van der Waals surface area contributed by atoms with E-state index in [4.69, 9.17) is 0 Å². The molecule has 1 aromatic heterocycles. The maximum Gasteiger partial charge on any atom is 0.170 e. The van der Waals surface area contributed by atoms with Gasteiger partial charge < -0.3 is 5.32 Å². The molecule has 0 atom stereocenters. The van der Waals surface area contributed by atoms with Crippen LogP contribution in [0.1, 0.15) is 24.2 Å². The van der Waals surface area contributed by atoms with Crippen LogP contribution in [0.5, 0.6) is 0 Å². The van der Waals surface area contributed by atoms with E-state index < -0.39 is 0 Å². The minimum absolute atomic E-state index is 0.654. The topological polar surface area (TPSA) is 55.6 Å². The smallest absolute Gasteiger partial charge is 0.170 e. The summed E-state index contributed by atoms with van der Waals surface area (Å²) in [6.07, 6.45) is 2.53. The lowest BCUT2D eigenvalue weighted by Crippen LogP contribution is -2.18. The van der Waals surface area contributed by atoms with Gasteiger partial charge in [0.05, 0.1) is 12.2 Å². The Hall–Kier alpha value is -1.27. The Labute approximate surface area is 114 Å². The number of aryl methyl sites for hydroxylation is 1. The summed E-state index contributed by atoms with van der Waals surface area (Å²) in [5.74, 6) is 0.851. The maximum absolute atomic E-state index is 4.07. The Morgan fingerprint density at radius 3 is 3.00 bits per heavy atom. The summed E-state index contributed by atoms with van der Waals surface area (Å²) < 4.78 is 2.88. The van der Waals surface area contributed by atoms with Crippen molar-refractivity contribution >= 4 is 15.9 Å². The molecule has 1 fully saturated rings. The predicted octanol–water partition coefficient (Wildman–Crippen LogP) is 1.99. The molecule has 94 valence electrons. The number of hydrogen-bond donors (Lipinski definition) is 1. The van der Waals surface area contributed by atoms with Gasteiger partial charge in [-0.2, -0.15) is 4.68 Å². The summed E-state index contributed by atoms with van der Waals surface area (Å²) in [4.78, 5) is 0. The van der Waals surface area contributed by atoms with Crippen LogP contribution in [0.25, 0.3) is 5.69 Å². The van der Waals surface area contributed by atoms with Crippen LogP contribution in [0.15, 0.2) is 22.7 Å². The van der Waals surface area contributed by atoms with E-state index in [0.717, 1.165) is 16.0 Å². The van der Waals surface area contributed by atoms with Crippen LogP contribution in [0, 0.1) is 6.92 Å². The molecule has 0 radical (unpaired) electrons. The zero-order valence-electron chi connectivity index (χ0n) is 10.1. The van der Waals surface area contributed by atoms with Crippen LogP contribution < -0.4 is 5.32 Å². The highest BCUT2D eigenvalue weighted by molar-refractivity contribution is 9.10. The summed E-state index contributed by atoms with van der Waals surface area (Å²) in [7, 11) is 0. The van der Waals surface area contributed by atoms with Crippen molar-refractivity contribution in [1.29, 1.82) is 0 Å². The van der Waals surface area contributed by atoms with Crippen LogP contribution in [0.2, 0.25) is 0 Å². The Balaban J connectivity index is 1.85. The molecule has 1 aliphatic rings. The van der Waals surface area contributed by atoms with Crippen molar-refractivity contribution in [2.24, 2.45) is 0 Å². The van der Waals surface area contributed by atoms with Crippen LogP contribution in [-0.2, 0) is 6.54 Å². The Morgan fingerprint density at radius 1 is 1.44 bits per heavy atom. The number of nitrogens with one attached hydrogen (secondary N) is 1. The molecule has 6 heteroatoms. The number of tetrazole rings is 1. The van der Waals surface area contributed by atoms with Gasteiger partial charge in [-0.15, -0.1) is 5.10 Å². The van der Waals surface area contributed by atoms with E-state index in [1.165, 1.54) is 18.4 Å². The quantitative estimate of drug-likeness (QED) is 0.938. The van der Waals surface area contributed by atoms with Crippen molar-refractivity contribution < 1.29 is 0 Å². The SMILES string of the molecule is Cc1cc(-n2nnnc2CNC2CC2)ccc1Br. The van der Waals surface area contributed by atoms with Gasteiger partial charge in [-0.1, -0.05) is 15.9 Å². The largest absolute Gasteiger partial charge is 0.307 e. The first-order valence-electron chi connectivity index (χ1n) is 6.01. The second-order valence-electron chi connectivity index (χ2n) is 4.60. The predicted molar refractivity (Wildman–Crippen MR) is 71.5 cm³/mol. The fraction of sp³-hybridized carbons (Fsp3) is 0.417. The van der Waals surface area contributed by atoms with Gasteiger partial charge in [0, 0.05) is 10.5 Å². The first kappa shape index (κ1) is 11.8.